The van der Waals surface area contributed by atoms with E-state index in [2.05, 4.69) is 0 Å². The van der Waals surface area contributed by atoms with Gasteiger partial charge in [-0.15, -0.1) is 0 Å². The smallest absolute Gasteiger partial charge is 0.202 e. The maximum atomic E-state index is 13.9. The van der Waals surface area contributed by atoms with Crippen LogP contribution in [0.3, 0.4) is 0 Å². The predicted octanol–water partition coefficient (Wildman–Crippen LogP) is 4.38. The molecule has 11 heteroatoms. The van der Waals surface area contributed by atoms with Crippen LogP contribution in [0.4, 0.5) is 0 Å². The van der Waals surface area contributed by atoms with Gasteiger partial charge in [0.1, 0.15) is 41.0 Å². The number of carbonyl (C=O) groups excluding carboxylic acids is 5. The van der Waals surface area contributed by atoms with Crippen LogP contribution in [-0.2, 0) is 25.5 Å². The second-order valence-corrected chi connectivity index (χ2v) is 15.0. The van der Waals surface area contributed by atoms with Gasteiger partial charge in [0.25, 0.3) is 0 Å². The third kappa shape index (κ3) is 6.56. The zero-order valence-corrected chi connectivity index (χ0v) is 28.9. The van der Waals surface area contributed by atoms with Crippen LogP contribution in [0.5, 0.6) is 17.2 Å². The average molecular weight is 679 g/mol. The molecule has 49 heavy (non-hydrogen) atoms. The second-order valence-electron chi connectivity index (χ2n) is 15.0. The van der Waals surface area contributed by atoms with Crippen molar-refractivity contribution in [1.29, 1.82) is 0 Å². The number of methoxy groups -OCH3 is 1. The van der Waals surface area contributed by atoms with Crippen molar-refractivity contribution in [3.05, 3.63) is 51.6 Å². The number of aliphatic hydroxyl groups excluding tert-OH is 1. The van der Waals surface area contributed by atoms with Gasteiger partial charge in [-0.2, -0.15) is 0 Å². The fourth-order valence-electron chi connectivity index (χ4n) is 7.85. The first-order chi connectivity index (χ1) is 22.9. The quantitative estimate of drug-likeness (QED) is 0.223. The number of Topliss-reactive ketones (excluding diaryl/α,β-unsaturated/α-hetero) is 3. The van der Waals surface area contributed by atoms with E-state index in [0.29, 0.717) is 6.42 Å². The Morgan fingerprint density at radius 3 is 2.31 bits per heavy atom. The van der Waals surface area contributed by atoms with Crippen molar-refractivity contribution in [2.75, 3.05) is 13.7 Å². The zero-order valence-electron chi connectivity index (χ0n) is 28.9. The Morgan fingerprint density at radius 1 is 1.00 bits per heavy atom. The Bertz CT molecular complexity index is 1720. The first-order valence-corrected chi connectivity index (χ1v) is 16.9. The molecule has 2 aromatic carbocycles. The summed E-state index contributed by atoms with van der Waals surface area (Å²) in [5.41, 5.74) is -3.51. The van der Waals surface area contributed by atoms with Crippen LogP contribution < -0.4 is 4.74 Å². The minimum atomic E-state index is -2.14. The molecule has 0 bridgehead atoms. The van der Waals surface area contributed by atoms with Gasteiger partial charge in [0, 0.05) is 47.8 Å². The molecule has 264 valence electrons. The standard InChI is InChI=1S/C38H46O11/c1-18-19(2)49-23(13-20(18)12-22(40)10-11-27(41)37(3,4)5)14-21-15-38(47,28(42)17-39)16-25-29(21)35(45)32-31(34(25)44)33(43)24-8-7-9-26(48-6)30(24)36(32)46/h7-9,18-21,23,39,44-45,47H,10-17H2,1-6H3/t18-,19+,20+,21+,23?,38-/m1/s1. The molecule has 3 aliphatic rings. The summed E-state index contributed by atoms with van der Waals surface area (Å²) < 4.78 is 11.7. The number of fused-ring (bicyclic) bond motifs is 3. The number of rotatable bonds is 10. The number of ether oxygens (including phenoxy) is 2. The summed E-state index contributed by atoms with van der Waals surface area (Å²) in [6, 6.07) is 4.45. The van der Waals surface area contributed by atoms with Gasteiger partial charge < -0.3 is 29.9 Å². The Labute approximate surface area is 285 Å². The number of aromatic hydroxyl groups is 2. The molecule has 1 heterocycles. The summed E-state index contributed by atoms with van der Waals surface area (Å²) in [5.74, 6) is -4.32. The Kier molecular flexibility index (Phi) is 9.95. The van der Waals surface area contributed by atoms with E-state index < -0.39 is 70.5 Å². The molecule has 0 radical (unpaired) electrons. The van der Waals surface area contributed by atoms with Crippen LogP contribution in [0.15, 0.2) is 18.2 Å². The van der Waals surface area contributed by atoms with E-state index in [0.717, 1.165) is 0 Å². The first kappa shape index (κ1) is 36.4. The van der Waals surface area contributed by atoms with E-state index >= 15 is 0 Å². The Hall–Kier alpha value is -3.93. The lowest BCUT2D eigenvalue weighted by atomic mass is 9.67. The maximum Gasteiger partial charge on any atom is 0.202 e. The maximum absolute atomic E-state index is 13.9. The normalized spacial score (nSPS) is 26.4. The van der Waals surface area contributed by atoms with Crippen molar-refractivity contribution in [3.8, 4) is 17.2 Å². The predicted molar refractivity (Wildman–Crippen MR) is 177 cm³/mol. The molecule has 1 saturated heterocycles. The number of phenols is 2. The number of benzene rings is 2. The highest BCUT2D eigenvalue weighted by Crippen LogP contribution is 2.53. The van der Waals surface area contributed by atoms with Crippen molar-refractivity contribution in [3.63, 3.8) is 0 Å². The first-order valence-electron chi connectivity index (χ1n) is 16.9. The van der Waals surface area contributed by atoms with Gasteiger partial charge in [-0.25, -0.2) is 0 Å². The van der Waals surface area contributed by atoms with Crippen LogP contribution in [-0.4, -0.2) is 80.9 Å². The molecule has 0 spiro atoms. The van der Waals surface area contributed by atoms with Crippen molar-refractivity contribution >= 4 is 28.9 Å². The topological polar surface area (TPSA) is 185 Å². The molecular formula is C38H46O11. The van der Waals surface area contributed by atoms with Gasteiger partial charge in [0.2, 0.25) is 5.78 Å². The van der Waals surface area contributed by atoms with E-state index in [-0.39, 0.29) is 95.2 Å². The third-order valence-corrected chi connectivity index (χ3v) is 10.8. The highest BCUT2D eigenvalue weighted by atomic mass is 16.5. The second kappa shape index (κ2) is 13.4. The number of hydrogen-bond acceptors (Lipinski definition) is 11. The minimum absolute atomic E-state index is 0.00760. The van der Waals surface area contributed by atoms with Gasteiger partial charge in [-0.3, -0.25) is 24.0 Å². The summed E-state index contributed by atoms with van der Waals surface area (Å²) >= 11 is 0. The van der Waals surface area contributed by atoms with Crippen LogP contribution in [0.2, 0.25) is 0 Å². The van der Waals surface area contributed by atoms with Gasteiger partial charge in [-0.1, -0.05) is 39.8 Å². The summed E-state index contributed by atoms with van der Waals surface area (Å²) in [6.07, 6.45) is -0.425. The Balaban J connectivity index is 1.51. The summed E-state index contributed by atoms with van der Waals surface area (Å²) in [6.45, 7) is 8.38. The molecule has 2 aliphatic carbocycles. The molecule has 0 aromatic heterocycles. The van der Waals surface area contributed by atoms with Crippen LogP contribution in [0.25, 0.3) is 0 Å². The molecule has 4 N–H and O–H groups in total. The lowest BCUT2D eigenvalue weighted by Crippen LogP contribution is -2.48. The van der Waals surface area contributed by atoms with E-state index in [9.17, 15) is 44.4 Å². The highest BCUT2D eigenvalue weighted by Gasteiger charge is 2.49. The molecule has 1 unspecified atom stereocenters. The summed E-state index contributed by atoms with van der Waals surface area (Å²) in [4.78, 5) is 66.1. The summed E-state index contributed by atoms with van der Waals surface area (Å²) in [5, 5.41) is 44.8. The molecule has 5 rings (SSSR count). The average Bonchev–Trinajstić information content (AvgIpc) is 3.04. The third-order valence-electron chi connectivity index (χ3n) is 10.8. The van der Waals surface area contributed by atoms with Crippen molar-refractivity contribution in [1.82, 2.24) is 0 Å². The lowest BCUT2D eigenvalue weighted by Gasteiger charge is -2.43. The molecule has 1 fully saturated rings. The molecule has 0 saturated carbocycles. The van der Waals surface area contributed by atoms with E-state index in [1.54, 1.807) is 0 Å². The van der Waals surface area contributed by atoms with Gasteiger partial charge in [0.05, 0.1) is 36.0 Å². The number of hydrogen-bond donors (Lipinski definition) is 4. The zero-order chi connectivity index (χ0) is 36.2. The summed E-state index contributed by atoms with van der Waals surface area (Å²) in [7, 11) is 1.35. The molecule has 1 aliphatic heterocycles. The van der Waals surface area contributed by atoms with Crippen LogP contribution in [0.1, 0.15) is 122 Å². The van der Waals surface area contributed by atoms with Crippen LogP contribution >= 0.6 is 0 Å². The number of ketones is 5. The monoisotopic (exact) mass is 678 g/mol. The fraction of sp³-hybridized carbons (Fsp3) is 0.553. The largest absolute Gasteiger partial charge is 0.507 e. The van der Waals surface area contributed by atoms with E-state index in [4.69, 9.17) is 9.47 Å². The van der Waals surface area contributed by atoms with Crippen molar-refractivity contribution in [2.24, 2.45) is 17.3 Å². The number of aliphatic hydroxyl groups is 2. The highest BCUT2D eigenvalue weighted by molar-refractivity contribution is 6.31. The molecule has 0 amide bonds. The molecular weight excluding hydrogens is 632 g/mol. The number of carbonyl (C=O) groups is 5. The molecule has 11 nitrogen and oxygen atoms in total. The Morgan fingerprint density at radius 2 is 1.67 bits per heavy atom. The number of phenolic OH excluding ortho intramolecular Hbond substituents is 2. The van der Waals surface area contributed by atoms with Gasteiger partial charge >= 0.3 is 0 Å². The van der Waals surface area contributed by atoms with Crippen LogP contribution in [0, 0.1) is 17.3 Å². The van der Waals surface area contributed by atoms with Crippen molar-refractivity contribution < 1.29 is 53.9 Å². The van der Waals surface area contributed by atoms with Gasteiger partial charge in [0.15, 0.2) is 11.6 Å². The SMILES string of the molecule is COc1cccc2c1C(=O)c1c(O)c3c(c(O)c1C2=O)C[C@@](O)(C(=O)CO)C[C@@H]3CC1C[C@H](CC(=O)CCC(=O)C(C)(C)C)[C@H](C)[C@H](C)O1. The molecule has 2 aromatic rings. The lowest BCUT2D eigenvalue weighted by molar-refractivity contribution is -0.143. The van der Waals surface area contributed by atoms with E-state index in [1.807, 2.05) is 34.6 Å². The van der Waals surface area contributed by atoms with E-state index in [1.165, 1.54) is 25.3 Å². The fourth-order valence-corrected chi connectivity index (χ4v) is 7.85. The minimum Gasteiger partial charge on any atom is -0.507 e. The molecule has 6 atom stereocenters. The van der Waals surface area contributed by atoms with Crippen molar-refractivity contribution in [2.45, 2.75) is 103 Å². The van der Waals surface area contributed by atoms with Gasteiger partial charge in [-0.05, 0) is 50.0 Å².